The number of fused-ring (bicyclic) bond motifs is 1. The molecule has 3 rings (SSSR count). The molecular weight excluding hydrogens is 336 g/mol. The summed E-state index contributed by atoms with van der Waals surface area (Å²) in [5.74, 6) is 1.56. The average Bonchev–Trinajstić information content (AvgIpc) is 2.62. The number of carbonyl (C=O) groups is 1. The molecule has 1 saturated carbocycles. The molecule has 2 aromatic rings. The highest BCUT2D eigenvalue weighted by Gasteiger charge is 2.30. The number of hydrogen-bond donors (Lipinski definition) is 0. The van der Waals surface area contributed by atoms with E-state index >= 15 is 0 Å². The molecule has 0 unspecified atom stereocenters. The zero-order valence-corrected chi connectivity index (χ0v) is 17.1. The van der Waals surface area contributed by atoms with Crippen LogP contribution in [-0.2, 0) is 16.0 Å². The van der Waals surface area contributed by atoms with Gasteiger partial charge in [0.15, 0.2) is 0 Å². The summed E-state index contributed by atoms with van der Waals surface area (Å²) in [6.45, 7) is 9.29. The van der Waals surface area contributed by atoms with Crippen molar-refractivity contribution in [3.05, 3.63) is 42.0 Å². The Morgan fingerprint density at radius 3 is 2.33 bits per heavy atom. The first-order valence-electron chi connectivity index (χ1n) is 10.2. The van der Waals surface area contributed by atoms with Crippen LogP contribution in [0.5, 0.6) is 5.75 Å². The molecule has 0 bridgehead atoms. The molecule has 2 aromatic carbocycles. The van der Waals surface area contributed by atoms with Crippen molar-refractivity contribution in [1.29, 1.82) is 0 Å². The first-order chi connectivity index (χ1) is 12.8. The lowest BCUT2D eigenvalue weighted by atomic mass is 9.72. The van der Waals surface area contributed by atoms with E-state index in [2.05, 4.69) is 45.0 Å². The van der Waals surface area contributed by atoms with E-state index in [9.17, 15) is 4.79 Å². The molecule has 3 heteroatoms. The van der Waals surface area contributed by atoms with Crippen molar-refractivity contribution in [1.82, 2.24) is 0 Å². The fraction of sp³-hybridized carbons (Fsp3) is 0.542. The number of hydrogen-bond acceptors (Lipinski definition) is 3. The van der Waals surface area contributed by atoms with Crippen molar-refractivity contribution in [3.8, 4) is 5.75 Å². The van der Waals surface area contributed by atoms with Gasteiger partial charge in [0, 0.05) is 0 Å². The molecule has 0 atom stereocenters. The van der Waals surface area contributed by atoms with Crippen LogP contribution in [0.2, 0.25) is 0 Å². The van der Waals surface area contributed by atoms with Gasteiger partial charge in [-0.25, -0.2) is 0 Å². The van der Waals surface area contributed by atoms with Crippen molar-refractivity contribution in [2.45, 2.75) is 65.9 Å². The number of carbonyl (C=O) groups excluding carboxylic acids is 1. The number of ether oxygens (including phenoxy) is 2. The number of esters is 1. The predicted molar refractivity (Wildman–Crippen MR) is 110 cm³/mol. The maximum atomic E-state index is 11.7. The SMILES string of the molecule is CCOC(=O)Cc1ccc2cc(O[C@H]3CC[C@H](C(C)(C)C)CC3)ccc2c1. The minimum atomic E-state index is -0.178. The van der Waals surface area contributed by atoms with Gasteiger partial charge >= 0.3 is 5.97 Å². The van der Waals surface area contributed by atoms with Crippen molar-refractivity contribution in [2.24, 2.45) is 11.3 Å². The molecule has 0 aromatic heterocycles. The smallest absolute Gasteiger partial charge is 0.310 e. The second-order valence-corrected chi connectivity index (χ2v) is 8.78. The topological polar surface area (TPSA) is 35.5 Å². The molecule has 27 heavy (non-hydrogen) atoms. The Morgan fingerprint density at radius 2 is 1.67 bits per heavy atom. The Balaban J connectivity index is 1.63. The molecule has 146 valence electrons. The number of benzene rings is 2. The van der Waals surface area contributed by atoms with Crippen LogP contribution in [-0.4, -0.2) is 18.7 Å². The minimum Gasteiger partial charge on any atom is -0.490 e. The van der Waals surface area contributed by atoms with E-state index in [1.807, 2.05) is 19.1 Å². The fourth-order valence-corrected chi connectivity index (χ4v) is 4.07. The van der Waals surface area contributed by atoms with Gasteiger partial charge in [-0.1, -0.05) is 45.0 Å². The van der Waals surface area contributed by atoms with Gasteiger partial charge in [-0.05, 0) is 72.4 Å². The molecule has 3 nitrogen and oxygen atoms in total. The van der Waals surface area contributed by atoms with Crippen LogP contribution in [0.15, 0.2) is 36.4 Å². The van der Waals surface area contributed by atoms with Crippen molar-refractivity contribution >= 4 is 16.7 Å². The van der Waals surface area contributed by atoms with Crippen LogP contribution >= 0.6 is 0 Å². The van der Waals surface area contributed by atoms with Crippen LogP contribution in [0.4, 0.5) is 0 Å². The molecule has 1 aliphatic rings. The van der Waals surface area contributed by atoms with Crippen molar-refractivity contribution in [2.75, 3.05) is 6.61 Å². The summed E-state index contributed by atoms with van der Waals surface area (Å²) < 4.78 is 11.3. The van der Waals surface area contributed by atoms with Gasteiger partial charge in [0.25, 0.3) is 0 Å². The van der Waals surface area contributed by atoms with Gasteiger partial charge in [0.1, 0.15) is 5.75 Å². The molecular formula is C24H32O3. The van der Waals surface area contributed by atoms with Crippen molar-refractivity contribution < 1.29 is 14.3 Å². The van der Waals surface area contributed by atoms with E-state index in [0.29, 0.717) is 24.5 Å². The first-order valence-corrected chi connectivity index (χ1v) is 10.2. The van der Waals surface area contributed by atoms with Gasteiger partial charge in [-0.15, -0.1) is 0 Å². The van der Waals surface area contributed by atoms with E-state index < -0.39 is 0 Å². The zero-order chi connectivity index (χ0) is 19.4. The molecule has 0 amide bonds. The predicted octanol–water partition coefficient (Wildman–Crippen LogP) is 5.93. The van der Waals surface area contributed by atoms with Gasteiger partial charge in [-0.3, -0.25) is 4.79 Å². The third kappa shape index (κ3) is 5.24. The normalized spacial score (nSPS) is 20.4. The Morgan fingerprint density at radius 1 is 1.00 bits per heavy atom. The third-order valence-corrected chi connectivity index (χ3v) is 5.73. The van der Waals surface area contributed by atoms with E-state index in [4.69, 9.17) is 9.47 Å². The maximum Gasteiger partial charge on any atom is 0.310 e. The van der Waals surface area contributed by atoms with Gasteiger partial charge in [-0.2, -0.15) is 0 Å². The standard InChI is InChI=1S/C24H32O3/c1-5-26-23(25)15-17-6-7-19-16-22(11-8-18(19)14-17)27-21-12-9-20(10-13-21)24(2,3)4/h6-8,11,14,16,20-21H,5,9-10,12-13,15H2,1-4H3/t20-,21-. The van der Waals surface area contributed by atoms with E-state index in [-0.39, 0.29) is 5.97 Å². The third-order valence-electron chi connectivity index (χ3n) is 5.73. The Kier molecular flexibility index (Phi) is 6.08. The van der Waals surface area contributed by atoms with Gasteiger partial charge in [0.2, 0.25) is 0 Å². The van der Waals surface area contributed by atoms with Crippen LogP contribution in [0, 0.1) is 11.3 Å². The van der Waals surface area contributed by atoms with Gasteiger partial charge < -0.3 is 9.47 Å². The lowest BCUT2D eigenvalue weighted by Crippen LogP contribution is -2.30. The second kappa shape index (κ2) is 8.33. The molecule has 0 aliphatic heterocycles. The van der Waals surface area contributed by atoms with Crippen molar-refractivity contribution in [3.63, 3.8) is 0 Å². The summed E-state index contributed by atoms with van der Waals surface area (Å²) in [6.07, 6.45) is 5.41. The first kappa shape index (κ1) is 19.7. The maximum absolute atomic E-state index is 11.7. The summed E-state index contributed by atoms with van der Waals surface area (Å²) in [6, 6.07) is 12.4. The molecule has 0 N–H and O–H groups in total. The van der Waals surface area contributed by atoms with Crippen LogP contribution in [0.3, 0.4) is 0 Å². The van der Waals surface area contributed by atoms with E-state index in [1.165, 1.54) is 12.8 Å². The molecule has 1 aliphatic carbocycles. The Hall–Kier alpha value is -2.03. The lowest BCUT2D eigenvalue weighted by Gasteiger charge is -2.37. The highest BCUT2D eigenvalue weighted by Crippen LogP contribution is 2.39. The van der Waals surface area contributed by atoms with Crippen LogP contribution < -0.4 is 4.74 Å². The summed E-state index contributed by atoms with van der Waals surface area (Å²) >= 11 is 0. The molecule has 0 radical (unpaired) electrons. The highest BCUT2D eigenvalue weighted by molar-refractivity contribution is 5.85. The quantitative estimate of drug-likeness (QED) is 0.614. The van der Waals surface area contributed by atoms with E-state index in [0.717, 1.165) is 40.8 Å². The molecule has 0 saturated heterocycles. The fourth-order valence-electron chi connectivity index (χ4n) is 4.07. The van der Waals surface area contributed by atoms with Crippen LogP contribution in [0.1, 0.15) is 58.9 Å². The minimum absolute atomic E-state index is 0.178. The number of rotatable bonds is 5. The summed E-state index contributed by atoms with van der Waals surface area (Å²) in [5, 5.41) is 2.27. The summed E-state index contributed by atoms with van der Waals surface area (Å²) in [4.78, 5) is 11.7. The van der Waals surface area contributed by atoms with E-state index in [1.54, 1.807) is 0 Å². The average molecular weight is 369 g/mol. The Labute approximate surface area is 163 Å². The summed E-state index contributed by atoms with van der Waals surface area (Å²) in [5.41, 5.74) is 1.38. The molecule has 1 fully saturated rings. The zero-order valence-electron chi connectivity index (χ0n) is 17.1. The summed E-state index contributed by atoms with van der Waals surface area (Å²) in [7, 11) is 0. The largest absolute Gasteiger partial charge is 0.490 e. The molecule has 0 spiro atoms. The van der Waals surface area contributed by atoms with Gasteiger partial charge in [0.05, 0.1) is 19.1 Å². The Bertz CT molecular complexity index is 780. The lowest BCUT2D eigenvalue weighted by molar-refractivity contribution is -0.142. The second-order valence-electron chi connectivity index (χ2n) is 8.78. The molecule has 0 heterocycles. The van der Waals surface area contributed by atoms with Crippen LogP contribution in [0.25, 0.3) is 10.8 Å². The monoisotopic (exact) mass is 368 g/mol. The highest BCUT2D eigenvalue weighted by atomic mass is 16.5.